The number of esters is 1. The molecule has 1 rings (SSSR count). The highest BCUT2D eigenvalue weighted by molar-refractivity contribution is 5.70. The summed E-state index contributed by atoms with van der Waals surface area (Å²) < 4.78 is 42.8. The molecule has 1 aromatic carbocycles. The third-order valence-corrected chi connectivity index (χ3v) is 2.36. The van der Waals surface area contributed by atoms with E-state index in [4.69, 9.17) is 5.73 Å². The van der Waals surface area contributed by atoms with Crippen LogP contribution in [0.4, 0.5) is 13.2 Å². The summed E-state index contributed by atoms with van der Waals surface area (Å²) in [7, 11) is 0. The van der Waals surface area contributed by atoms with Gasteiger partial charge in [-0.3, -0.25) is 4.79 Å². The van der Waals surface area contributed by atoms with Crippen LogP contribution in [0.3, 0.4) is 0 Å². The fourth-order valence-corrected chi connectivity index (χ4v) is 1.59. The van der Waals surface area contributed by atoms with Crippen LogP contribution in [-0.4, -0.2) is 12.6 Å². The Labute approximate surface area is 103 Å². The van der Waals surface area contributed by atoms with Gasteiger partial charge in [-0.15, -0.1) is 0 Å². The molecule has 0 aromatic heterocycles. The molecule has 1 atom stereocenters. The minimum absolute atomic E-state index is 0.0990. The molecule has 100 valence electrons. The van der Waals surface area contributed by atoms with E-state index in [1.165, 1.54) is 18.2 Å². The SMILES string of the molecule is CCOC(=O)C[C@H](N)c1ccccc1C(F)(F)F. The first kappa shape index (κ1) is 14.5. The summed E-state index contributed by atoms with van der Waals surface area (Å²) in [6.45, 7) is 1.79. The van der Waals surface area contributed by atoms with E-state index < -0.39 is 23.8 Å². The standard InChI is InChI=1S/C12H14F3NO2/c1-2-18-11(17)7-10(16)8-5-3-4-6-9(8)12(13,14)15/h3-6,10H,2,7,16H2,1H3/t10-/m0/s1. The van der Waals surface area contributed by atoms with Crippen molar-refractivity contribution in [2.75, 3.05) is 6.61 Å². The Morgan fingerprint density at radius 2 is 2.00 bits per heavy atom. The van der Waals surface area contributed by atoms with Gasteiger partial charge in [-0.1, -0.05) is 18.2 Å². The minimum Gasteiger partial charge on any atom is -0.466 e. The van der Waals surface area contributed by atoms with E-state index >= 15 is 0 Å². The van der Waals surface area contributed by atoms with Crippen molar-refractivity contribution in [3.63, 3.8) is 0 Å². The van der Waals surface area contributed by atoms with Crippen LogP contribution in [0.2, 0.25) is 0 Å². The molecular formula is C12H14F3NO2. The van der Waals surface area contributed by atoms with Crippen LogP contribution in [-0.2, 0) is 15.7 Å². The molecule has 0 radical (unpaired) electrons. The normalized spacial score (nSPS) is 13.2. The van der Waals surface area contributed by atoms with E-state index in [1.54, 1.807) is 6.92 Å². The topological polar surface area (TPSA) is 52.3 Å². The summed E-state index contributed by atoms with van der Waals surface area (Å²) in [5.41, 5.74) is 4.71. The number of carbonyl (C=O) groups is 1. The molecule has 18 heavy (non-hydrogen) atoms. The summed E-state index contributed by atoms with van der Waals surface area (Å²) in [6, 6.07) is 3.92. The number of carbonyl (C=O) groups excluding carboxylic acids is 1. The second-order valence-corrected chi connectivity index (χ2v) is 3.70. The summed E-state index contributed by atoms with van der Waals surface area (Å²) >= 11 is 0. The molecule has 0 spiro atoms. The molecule has 3 nitrogen and oxygen atoms in total. The Kier molecular flexibility index (Phi) is 4.72. The lowest BCUT2D eigenvalue weighted by Gasteiger charge is -2.17. The van der Waals surface area contributed by atoms with Crippen LogP contribution < -0.4 is 5.73 Å². The van der Waals surface area contributed by atoms with Gasteiger partial charge in [0, 0.05) is 6.04 Å². The number of alkyl halides is 3. The smallest absolute Gasteiger partial charge is 0.416 e. The van der Waals surface area contributed by atoms with E-state index in [9.17, 15) is 18.0 Å². The maximum atomic E-state index is 12.7. The van der Waals surface area contributed by atoms with E-state index in [2.05, 4.69) is 4.74 Å². The molecule has 0 bridgehead atoms. The zero-order valence-electron chi connectivity index (χ0n) is 9.83. The van der Waals surface area contributed by atoms with E-state index in [-0.39, 0.29) is 18.6 Å². The lowest BCUT2D eigenvalue weighted by Crippen LogP contribution is -2.21. The molecule has 0 aliphatic rings. The molecular weight excluding hydrogens is 247 g/mol. The van der Waals surface area contributed by atoms with Gasteiger partial charge in [0.1, 0.15) is 0 Å². The highest BCUT2D eigenvalue weighted by atomic mass is 19.4. The van der Waals surface area contributed by atoms with E-state index in [0.29, 0.717) is 0 Å². The molecule has 0 unspecified atom stereocenters. The van der Waals surface area contributed by atoms with Gasteiger partial charge in [0.2, 0.25) is 0 Å². The van der Waals surface area contributed by atoms with Crippen LogP contribution in [0.5, 0.6) is 0 Å². The van der Waals surface area contributed by atoms with Gasteiger partial charge in [0.15, 0.2) is 0 Å². The Morgan fingerprint density at radius 3 is 2.56 bits per heavy atom. The van der Waals surface area contributed by atoms with Crippen LogP contribution in [0, 0.1) is 0 Å². The Hall–Kier alpha value is -1.56. The van der Waals surface area contributed by atoms with Crippen molar-refractivity contribution in [2.24, 2.45) is 5.73 Å². The fourth-order valence-electron chi connectivity index (χ4n) is 1.59. The first-order valence-electron chi connectivity index (χ1n) is 5.43. The van der Waals surface area contributed by atoms with Crippen molar-refractivity contribution < 1.29 is 22.7 Å². The Balaban J connectivity index is 2.92. The largest absolute Gasteiger partial charge is 0.466 e. The molecule has 0 aliphatic carbocycles. The van der Waals surface area contributed by atoms with E-state index in [0.717, 1.165) is 6.07 Å². The van der Waals surface area contributed by atoms with Gasteiger partial charge in [0.25, 0.3) is 0 Å². The monoisotopic (exact) mass is 261 g/mol. The number of nitrogens with two attached hydrogens (primary N) is 1. The van der Waals surface area contributed by atoms with Crippen molar-refractivity contribution in [3.05, 3.63) is 35.4 Å². The average Bonchev–Trinajstić information content (AvgIpc) is 2.28. The maximum Gasteiger partial charge on any atom is 0.416 e. The summed E-state index contributed by atoms with van der Waals surface area (Å²) in [5, 5.41) is 0. The van der Waals surface area contributed by atoms with Crippen molar-refractivity contribution >= 4 is 5.97 Å². The third kappa shape index (κ3) is 3.73. The second kappa shape index (κ2) is 5.86. The molecule has 1 aromatic rings. The molecule has 6 heteroatoms. The predicted octanol–water partition coefficient (Wildman–Crippen LogP) is 2.66. The molecule has 0 amide bonds. The second-order valence-electron chi connectivity index (χ2n) is 3.70. The predicted molar refractivity (Wildman–Crippen MR) is 59.6 cm³/mol. The van der Waals surface area contributed by atoms with Gasteiger partial charge in [-0.2, -0.15) is 13.2 Å². The lowest BCUT2D eigenvalue weighted by atomic mass is 9.98. The van der Waals surface area contributed by atoms with Crippen molar-refractivity contribution in [3.8, 4) is 0 Å². The van der Waals surface area contributed by atoms with Gasteiger partial charge in [-0.25, -0.2) is 0 Å². The number of benzene rings is 1. The van der Waals surface area contributed by atoms with Gasteiger partial charge in [0.05, 0.1) is 18.6 Å². The van der Waals surface area contributed by atoms with Crippen molar-refractivity contribution in [1.82, 2.24) is 0 Å². The maximum absolute atomic E-state index is 12.7. The lowest BCUT2D eigenvalue weighted by molar-refractivity contribution is -0.144. The minimum atomic E-state index is -4.48. The van der Waals surface area contributed by atoms with E-state index in [1.807, 2.05) is 0 Å². The number of rotatable bonds is 4. The van der Waals surface area contributed by atoms with Crippen molar-refractivity contribution in [2.45, 2.75) is 25.6 Å². The van der Waals surface area contributed by atoms with Crippen LogP contribution in [0.25, 0.3) is 0 Å². The molecule has 2 N–H and O–H groups in total. The summed E-state index contributed by atoms with van der Waals surface area (Å²) in [5.74, 6) is -0.609. The number of halogens is 3. The molecule has 0 saturated carbocycles. The number of hydrogen-bond acceptors (Lipinski definition) is 3. The molecule has 0 aliphatic heterocycles. The highest BCUT2D eigenvalue weighted by Crippen LogP contribution is 2.34. The quantitative estimate of drug-likeness (QED) is 0.848. The molecule has 0 heterocycles. The van der Waals surface area contributed by atoms with Crippen LogP contribution in [0.15, 0.2) is 24.3 Å². The fraction of sp³-hybridized carbons (Fsp3) is 0.417. The average molecular weight is 261 g/mol. The summed E-state index contributed by atoms with van der Waals surface area (Å²) in [4.78, 5) is 11.2. The van der Waals surface area contributed by atoms with Gasteiger partial charge in [-0.05, 0) is 18.6 Å². The Bertz CT molecular complexity index is 418. The Morgan fingerprint density at radius 1 is 1.39 bits per heavy atom. The van der Waals surface area contributed by atoms with Gasteiger partial charge < -0.3 is 10.5 Å². The van der Waals surface area contributed by atoms with Crippen molar-refractivity contribution in [1.29, 1.82) is 0 Å². The molecule has 0 saturated heterocycles. The molecule has 0 fully saturated rings. The number of hydrogen-bond donors (Lipinski definition) is 1. The number of ether oxygens (including phenoxy) is 1. The first-order chi connectivity index (χ1) is 8.36. The summed E-state index contributed by atoms with van der Waals surface area (Å²) in [6.07, 6.45) is -4.76. The van der Waals surface area contributed by atoms with Gasteiger partial charge >= 0.3 is 12.1 Å². The van der Waals surface area contributed by atoms with Crippen LogP contribution >= 0.6 is 0 Å². The third-order valence-electron chi connectivity index (χ3n) is 2.36. The zero-order valence-corrected chi connectivity index (χ0v) is 9.83. The highest BCUT2D eigenvalue weighted by Gasteiger charge is 2.34. The van der Waals surface area contributed by atoms with Crippen LogP contribution in [0.1, 0.15) is 30.5 Å². The zero-order chi connectivity index (χ0) is 13.8. The first-order valence-corrected chi connectivity index (χ1v) is 5.43.